The summed E-state index contributed by atoms with van der Waals surface area (Å²) < 4.78 is 0. The fourth-order valence-corrected chi connectivity index (χ4v) is 2.10. The van der Waals surface area contributed by atoms with E-state index in [1.54, 1.807) is 0 Å². The summed E-state index contributed by atoms with van der Waals surface area (Å²) in [5, 5.41) is 6.27. The zero-order valence-corrected chi connectivity index (χ0v) is 9.46. The van der Waals surface area contributed by atoms with Gasteiger partial charge in [0.05, 0.1) is 0 Å². The van der Waals surface area contributed by atoms with Crippen LogP contribution in [0.5, 0.6) is 0 Å². The first kappa shape index (κ1) is 11.2. The molecule has 4 heteroatoms. The van der Waals surface area contributed by atoms with Crippen molar-refractivity contribution in [2.75, 3.05) is 13.1 Å². The minimum Gasteiger partial charge on any atom is -0.367 e. The Morgan fingerprint density at radius 1 is 1.56 bits per heavy atom. The summed E-state index contributed by atoms with van der Waals surface area (Å²) in [6, 6.07) is 1.97. The predicted octanol–water partition coefficient (Wildman–Crippen LogP) is 1.02. The van der Waals surface area contributed by atoms with Crippen molar-refractivity contribution in [3.8, 4) is 0 Å². The molecule has 0 spiro atoms. The molecule has 0 aliphatic carbocycles. The van der Waals surface area contributed by atoms with E-state index >= 15 is 0 Å². The summed E-state index contributed by atoms with van der Waals surface area (Å²) in [5.41, 5.74) is 1.12. The molecule has 1 saturated heterocycles. The van der Waals surface area contributed by atoms with Gasteiger partial charge in [-0.25, -0.2) is 0 Å². The molecule has 16 heavy (non-hydrogen) atoms. The first-order chi connectivity index (χ1) is 7.84. The maximum Gasteiger partial charge on any atom is 0.220 e. The number of hydrogen-bond acceptors (Lipinski definition) is 2. The van der Waals surface area contributed by atoms with Crippen molar-refractivity contribution in [3.05, 3.63) is 24.0 Å². The lowest BCUT2D eigenvalue weighted by molar-refractivity contribution is -0.122. The number of carbonyl (C=O) groups excluding carboxylic acids is 1. The van der Waals surface area contributed by atoms with E-state index < -0.39 is 0 Å². The van der Waals surface area contributed by atoms with Crippen LogP contribution in [0.3, 0.4) is 0 Å². The van der Waals surface area contributed by atoms with Crippen molar-refractivity contribution in [3.63, 3.8) is 0 Å². The molecule has 0 bridgehead atoms. The lowest BCUT2D eigenvalue weighted by Crippen LogP contribution is -2.34. The third-order valence-corrected chi connectivity index (χ3v) is 3.03. The Labute approximate surface area is 95.8 Å². The molecule has 1 aromatic rings. The van der Waals surface area contributed by atoms with Gasteiger partial charge in [0, 0.05) is 25.4 Å². The topological polar surface area (TPSA) is 56.9 Å². The Morgan fingerprint density at radius 2 is 2.50 bits per heavy atom. The third kappa shape index (κ3) is 3.38. The van der Waals surface area contributed by atoms with Gasteiger partial charge in [-0.05, 0) is 43.5 Å². The smallest absolute Gasteiger partial charge is 0.220 e. The molecule has 4 nitrogen and oxygen atoms in total. The van der Waals surface area contributed by atoms with Crippen LogP contribution >= 0.6 is 0 Å². The predicted molar refractivity (Wildman–Crippen MR) is 62.9 cm³/mol. The number of piperidine rings is 1. The highest BCUT2D eigenvalue weighted by Gasteiger charge is 2.16. The van der Waals surface area contributed by atoms with E-state index in [1.807, 2.05) is 18.5 Å². The first-order valence-electron chi connectivity index (χ1n) is 5.93. The highest BCUT2D eigenvalue weighted by molar-refractivity contribution is 5.76. The third-order valence-electron chi connectivity index (χ3n) is 3.03. The molecule has 0 radical (unpaired) electrons. The molecule has 3 N–H and O–H groups in total. The molecule has 1 aliphatic heterocycles. The number of rotatable bonds is 4. The van der Waals surface area contributed by atoms with Crippen LogP contribution in [0.2, 0.25) is 0 Å². The van der Waals surface area contributed by atoms with Crippen molar-refractivity contribution in [2.24, 2.45) is 5.92 Å². The standard InChI is InChI=1S/C12H19N3O/c16-12(6-10-2-1-4-13-7-10)15-9-11-3-5-14-8-11/h3,5,8,10,13-14H,1-2,4,6-7,9H2,(H,15,16). The van der Waals surface area contributed by atoms with Crippen LogP contribution in [0.25, 0.3) is 0 Å². The zero-order chi connectivity index (χ0) is 11.2. The van der Waals surface area contributed by atoms with Crippen LogP contribution in [0.15, 0.2) is 18.5 Å². The minimum atomic E-state index is 0.162. The summed E-state index contributed by atoms with van der Waals surface area (Å²) in [6.45, 7) is 2.71. The SMILES string of the molecule is O=C(CC1CCCNC1)NCc1cc[nH]c1. The number of H-pyrrole nitrogens is 1. The second kappa shape index (κ2) is 5.70. The molecule has 1 amide bonds. The quantitative estimate of drug-likeness (QED) is 0.711. The molecule has 88 valence electrons. The molecule has 2 heterocycles. The van der Waals surface area contributed by atoms with Gasteiger partial charge in [-0.1, -0.05) is 0 Å². The monoisotopic (exact) mass is 221 g/mol. The zero-order valence-electron chi connectivity index (χ0n) is 9.46. The number of hydrogen-bond donors (Lipinski definition) is 3. The van der Waals surface area contributed by atoms with Crippen LogP contribution in [-0.2, 0) is 11.3 Å². The summed E-state index contributed by atoms with van der Waals surface area (Å²) in [7, 11) is 0. The van der Waals surface area contributed by atoms with Crippen LogP contribution in [0.1, 0.15) is 24.8 Å². The maximum atomic E-state index is 11.7. The van der Waals surface area contributed by atoms with Gasteiger partial charge in [0.1, 0.15) is 0 Å². The number of amides is 1. The van der Waals surface area contributed by atoms with Crippen LogP contribution in [0.4, 0.5) is 0 Å². The van der Waals surface area contributed by atoms with Crippen molar-refractivity contribution in [1.82, 2.24) is 15.6 Å². The van der Waals surface area contributed by atoms with Crippen molar-refractivity contribution in [1.29, 1.82) is 0 Å². The average molecular weight is 221 g/mol. The second-order valence-electron chi connectivity index (χ2n) is 4.41. The number of aromatic nitrogens is 1. The molecular formula is C12H19N3O. The Morgan fingerprint density at radius 3 is 3.19 bits per heavy atom. The number of carbonyl (C=O) groups is 1. The fraction of sp³-hybridized carbons (Fsp3) is 0.583. The highest BCUT2D eigenvalue weighted by Crippen LogP contribution is 2.13. The van der Waals surface area contributed by atoms with E-state index in [4.69, 9.17) is 0 Å². The molecule has 2 rings (SSSR count). The molecule has 1 atom stereocenters. The van der Waals surface area contributed by atoms with Crippen LogP contribution in [0, 0.1) is 5.92 Å². The van der Waals surface area contributed by atoms with Crippen molar-refractivity contribution >= 4 is 5.91 Å². The number of nitrogens with one attached hydrogen (secondary N) is 3. The van der Waals surface area contributed by atoms with Gasteiger partial charge >= 0.3 is 0 Å². The van der Waals surface area contributed by atoms with Crippen LogP contribution in [-0.4, -0.2) is 24.0 Å². The molecule has 1 aromatic heterocycles. The normalized spacial score (nSPS) is 20.6. The molecule has 0 aromatic carbocycles. The van der Waals surface area contributed by atoms with E-state index in [-0.39, 0.29) is 5.91 Å². The molecular weight excluding hydrogens is 202 g/mol. The molecule has 1 fully saturated rings. The number of aromatic amines is 1. The molecule has 1 unspecified atom stereocenters. The van der Waals surface area contributed by atoms with Gasteiger partial charge in [0.2, 0.25) is 5.91 Å². The minimum absolute atomic E-state index is 0.162. The second-order valence-corrected chi connectivity index (χ2v) is 4.41. The highest BCUT2D eigenvalue weighted by atomic mass is 16.1. The maximum absolute atomic E-state index is 11.7. The summed E-state index contributed by atoms with van der Waals surface area (Å²) >= 11 is 0. The van der Waals surface area contributed by atoms with E-state index in [1.165, 1.54) is 12.8 Å². The molecule has 1 aliphatic rings. The lowest BCUT2D eigenvalue weighted by Gasteiger charge is -2.21. The van der Waals surface area contributed by atoms with Crippen molar-refractivity contribution < 1.29 is 4.79 Å². The van der Waals surface area contributed by atoms with Gasteiger partial charge in [0.25, 0.3) is 0 Å². The Kier molecular flexibility index (Phi) is 3.99. The van der Waals surface area contributed by atoms with Crippen molar-refractivity contribution in [2.45, 2.75) is 25.8 Å². The van der Waals surface area contributed by atoms with E-state index in [2.05, 4.69) is 15.6 Å². The van der Waals surface area contributed by atoms with E-state index in [0.29, 0.717) is 18.9 Å². The fourth-order valence-electron chi connectivity index (χ4n) is 2.10. The summed E-state index contributed by atoms with van der Waals surface area (Å²) in [6.07, 6.45) is 6.78. The van der Waals surface area contributed by atoms with Gasteiger partial charge in [0.15, 0.2) is 0 Å². The largest absolute Gasteiger partial charge is 0.367 e. The van der Waals surface area contributed by atoms with Gasteiger partial charge in [-0.2, -0.15) is 0 Å². The summed E-state index contributed by atoms with van der Waals surface area (Å²) in [4.78, 5) is 14.6. The van der Waals surface area contributed by atoms with Gasteiger partial charge < -0.3 is 15.6 Å². The van der Waals surface area contributed by atoms with Crippen LogP contribution < -0.4 is 10.6 Å². The summed E-state index contributed by atoms with van der Waals surface area (Å²) in [5.74, 6) is 0.676. The Balaban J connectivity index is 1.67. The first-order valence-corrected chi connectivity index (χ1v) is 5.93. The van der Waals surface area contributed by atoms with E-state index in [0.717, 1.165) is 18.7 Å². The molecule has 0 saturated carbocycles. The Hall–Kier alpha value is -1.29. The van der Waals surface area contributed by atoms with Gasteiger partial charge in [-0.3, -0.25) is 4.79 Å². The van der Waals surface area contributed by atoms with Gasteiger partial charge in [-0.15, -0.1) is 0 Å². The lowest BCUT2D eigenvalue weighted by atomic mass is 9.96. The van der Waals surface area contributed by atoms with E-state index in [9.17, 15) is 4.79 Å². The average Bonchev–Trinajstić information content (AvgIpc) is 2.81. The Bertz CT molecular complexity index is 315.